The van der Waals surface area contributed by atoms with Crippen molar-refractivity contribution in [1.29, 1.82) is 0 Å². The van der Waals surface area contributed by atoms with Gasteiger partial charge in [0.2, 0.25) is 0 Å². The third-order valence-corrected chi connectivity index (χ3v) is 6.95. The van der Waals surface area contributed by atoms with E-state index in [1.54, 1.807) is 0 Å². The minimum atomic E-state index is -0.758. The van der Waals surface area contributed by atoms with Crippen LogP contribution in [0.25, 0.3) is 6.08 Å². The number of fused-ring (bicyclic) bond motifs is 1. The van der Waals surface area contributed by atoms with E-state index in [-0.39, 0.29) is 0 Å². The first-order valence-corrected chi connectivity index (χ1v) is 8.50. The summed E-state index contributed by atoms with van der Waals surface area (Å²) in [6.45, 7) is 0. The van der Waals surface area contributed by atoms with Gasteiger partial charge < -0.3 is 0 Å². The van der Waals surface area contributed by atoms with Crippen molar-refractivity contribution in [3.8, 4) is 0 Å². The maximum atomic E-state index is 2.44. The van der Waals surface area contributed by atoms with Gasteiger partial charge in [-0.3, -0.25) is 0 Å². The predicted octanol–water partition coefficient (Wildman–Crippen LogP) is 2.74. The van der Waals surface area contributed by atoms with Crippen LogP contribution in [0.5, 0.6) is 0 Å². The Balaban J connectivity index is 1.95. The fourth-order valence-electron chi connectivity index (χ4n) is 1.96. The number of hydrogen-bond donors (Lipinski definition) is 0. The second-order valence-corrected chi connectivity index (χ2v) is 7.85. The minimum absolute atomic E-state index is 0.758. The molecule has 1 heterocycles. The number of hydrogen-bond acceptors (Lipinski definition) is 0. The summed E-state index contributed by atoms with van der Waals surface area (Å²) in [6, 6.07) is 19.7. The Morgan fingerprint density at radius 2 is 1.56 bits per heavy atom. The van der Waals surface area contributed by atoms with Crippen LogP contribution in [0.2, 0.25) is 0 Å². The molecule has 1 heteroatoms. The molecule has 1 atom stereocenters. The first kappa shape index (κ1) is 9.89. The van der Waals surface area contributed by atoms with E-state index >= 15 is 0 Å². The fourth-order valence-corrected chi connectivity index (χ4v) is 5.81. The van der Waals surface area contributed by atoms with Crippen molar-refractivity contribution in [2.24, 2.45) is 0 Å². The molecule has 3 rings (SSSR count). The zero-order chi connectivity index (χ0) is 10.8. The number of rotatable bonds is 1. The van der Waals surface area contributed by atoms with Crippen molar-refractivity contribution < 1.29 is 0 Å². The molecule has 0 aromatic heterocycles. The van der Waals surface area contributed by atoms with E-state index in [2.05, 4.69) is 65.6 Å². The average Bonchev–Trinajstić information content (AvgIpc) is 2.39. The monoisotopic (exact) mass is 273 g/mol. The Bertz CT molecular complexity index is 514. The van der Waals surface area contributed by atoms with Crippen molar-refractivity contribution in [2.75, 3.05) is 0 Å². The van der Waals surface area contributed by atoms with Gasteiger partial charge in [0.1, 0.15) is 0 Å². The molecule has 78 valence electrons. The van der Waals surface area contributed by atoms with E-state index in [4.69, 9.17) is 0 Å². The van der Waals surface area contributed by atoms with Crippen LogP contribution < -0.4 is 4.46 Å². The first-order valence-electron chi connectivity index (χ1n) is 5.44. The van der Waals surface area contributed by atoms with Crippen LogP contribution in [-0.4, -0.2) is 13.9 Å². The molecule has 0 N–H and O–H groups in total. The van der Waals surface area contributed by atoms with E-state index in [0.717, 1.165) is 0 Å². The molecule has 1 aliphatic rings. The molecule has 0 spiro atoms. The standard InChI is InChI=1S/C15H13Se/c1-2-8-15(9-3-1)16-11-10-13-6-4-5-7-14(13)12-16/h1-11H,12H2/q+1. The Morgan fingerprint density at radius 1 is 0.812 bits per heavy atom. The van der Waals surface area contributed by atoms with E-state index in [1.807, 2.05) is 0 Å². The molecular formula is C15H13Se+. The predicted molar refractivity (Wildman–Crippen MR) is 71.0 cm³/mol. The molecule has 0 amide bonds. The maximum absolute atomic E-state index is 2.44. The second kappa shape index (κ2) is 4.29. The van der Waals surface area contributed by atoms with Crippen molar-refractivity contribution in [3.63, 3.8) is 0 Å². The van der Waals surface area contributed by atoms with Crippen molar-refractivity contribution in [3.05, 3.63) is 70.7 Å². The molecule has 0 fully saturated rings. The molecule has 1 aliphatic heterocycles. The van der Waals surface area contributed by atoms with Gasteiger partial charge in [-0.25, -0.2) is 0 Å². The summed E-state index contributed by atoms with van der Waals surface area (Å²) in [5.74, 6) is 0. The zero-order valence-corrected chi connectivity index (χ0v) is 10.7. The summed E-state index contributed by atoms with van der Waals surface area (Å²) < 4.78 is 1.54. The second-order valence-electron chi connectivity index (χ2n) is 3.89. The van der Waals surface area contributed by atoms with Crippen molar-refractivity contribution in [2.45, 2.75) is 5.32 Å². The molecule has 1 unspecified atom stereocenters. The SMILES string of the molecule is C1=C[Se+](c2ccccc2)Cc2ccccc21. The van der Waals surface area contributed by atoms with Gasteiger partial charge in [-0.1, -0.05) is 0 Å². The molecule has 0 bridgehead atoms. The van der Waals surface area contributed by atoms with Crippen LogP contribution in [0.1, 0.15) is 11.1 Å². The summed E-state index contributed by atoms with van der Waals surface area (Å²) in [6.07, 6.45) is 2.30. The van der Waals surface area contributed by atoms with Gasteiger partial charge in [0.25, 0.3) is 0 Å². The average molecular weight is 272 g/mol. The molecule has 0 radical (unpaired) electrons. The van der Waals surface area contributed by atoms with E-state index in [0.29, 0.717) is 0 Å². The Kier molecular flexibility index (Phi) is 2.65. The quantitative estimate of drug-likeness (QED) is 0.700. The van der Waals surface area contributed by atoms with Crippen LogP contribution >= 0.6 is 0 Å². The Labute approximate surface area is 101 Å². The fraction of sp³-hybridized carbons (Fsp3) is 0.0667. The van der Waals surface area contributed by atoms with Gasteiger partial charge in [-0.15, -0.1) is 0 Å². The van der Waals surface area contributed by atoms with E-state index < -0.39 is 13.9 Å². The molecule has 0 aliphatic carbocycles. The molecule has 16 heavy (non-hydrogen) atoms. The molecule has 2 aromatic rings. The Hall–Kier alpha value is -1.30. The third kappa shape index (κ3) is 1.84. The number of benzene rings is 2. The molecular weight excluding hydrogens is 259 g/mol. The van der Waals surface area contributed by atoms with Crippen LogP contribution in [-0.2, 0) is 5.32 Å². The van der Waals surface area contributed by atoms with Gasteiger partial charge in [0.15, 0.2) is 0 Å². The molecule has 0 saturated carbocycles. The van der Waals surface area contributed by atoms with Crippen molar-refractivity contribution in [1.82, 2.24) is 0 Å². The summed E-state index contributed by atoms with van der Waals surface area (Å²) in [7, 11) is 0. The van der Waals surface area contributed by atoms with Crippen LogP contribution in [0.3, 0.4) is 0 Å². The molecule has 0 saturated heterocycles. The summed E-state index contributed by atoms with van der Waals surface area (Å²) in [5.41, 5.74) is 2.91. The van der Waals surface area contributed by atoms with E-state index in [9.17, 15) is 0 Å². The summed E-state index contributed by atoms with van der Waals surface area (Å²) in [5, 5.41) is 1.25. The van der Waals surface area contributed by atoms with Gasteiger partial charge in [-0.2, -0.15) is 0 Å². The van der Waals surface area contributed by atoms with Gasteiger partial charge >= 0.3 is 100 Å². The summed E-state index contributed by atoms with van der Waals surface area (Å²) in [4.78, 5) is 2.44. The zero-order valence-electron chi connectivity index (χ0n) is 8.97. The third-order valence-electron chi connectivity index (χ3n) is 2.82. The van der Waals surface area contributed by atoms with Crippen molar-refractivity contribution >= 4 is 24.4 Å². The van der Waals surface area contributed by atoms with Crippen LogP contribution in [0, 0.1) is 0 Å². The summed E-state index contributed by atoms with van der Waals surface area (Å²) >= 11 is -0.758. The van der Waals surface area contributed by atoms with Crippen LogP contribution in [0.4, 0.5) is 0 Å². The Morgan fingerprint density at radius 3 is 2.44 bits per heavy atom. The molecule has 0 nitrogen and oxygen atoms in total. The first-order chi connectivity index (χ1) is 7.93. The topological polar surface area (TPSA) is 0 Å². The molecule has 2 aromatic carbocycles. The van der Waals surface area contributed by atoms with Crippen LogP contribution in [0.15, 0.2) is 59.6 Å². The normalized spacial score (nSPS) is 18.1. The van der Waals surface area contributed by atoms with Gasteiger partial charge in [0, 0.05) is 0 Å². The van der Waals surface area contributed by atoms with Gasteiger partial charge in [-0.05, 0) is 0 Å². The van der Waals surface area contributed by atoms with E-state index in [1.165, 1.54) is 20.9 Å². The van der Waals surface area contributed by atoms with Gasteiger partial charge in [0.05, 0.1) is 0 Å².